The first-order chi connectivity index (χ1) is 11.4. The van der Waals surface area contributed by atoms with Gasteiger partial charge in [0, 0.05) is 0 Å². The van der Waals surface area contributed by atoms with Gasteiger partial charge in [0.15, 0.2) is 6.10 Å². The number of hydrogen-bond donors (Lipinski definition) is 2. The van der Waals surface area contributed by atoms with Gasteiger partial charge in [-0.05, 0) is 59.6 Å². The standard InChI is InChI=1S/C18H27N3O4/c1-10-8-11(2)14(12(3)9-10)24-13(4)15(22)20-16(19)21-17(23)25-18(5,6)7/h8-9,13H,1-7H3,(H3,19,20,21,22,23)/t13-/m0/s1. The minimum atomic E-state index is -0.871. The van der Waals surface area contributed by atoms with Gasteiger partial charge in [0.2, 0.25) is 5.96 Å². The molecule has 0 unspecified atom stereocenters. The van der Waals surface area contributed by atoms with Gasteiger partial charge in [-0.2, -0.15) is 0 Å². The number of guanidine groups is 1. The van der Waals surface area contributed by atoms with Crippen LogP contribution in [-0.2, 0) is 9.53 Å². The molecule has 0 aliphatic heterocycles. The van der Waals surface area contributed by atoms with E-state index in [1.807, 2.05) is 32.9 Å². The summed E-state index contributed by atoms with van der Waals surface area (Å²) in [4.78, 5) is 27.2. The molecule has 25 heavy (non-hydrogen) atoms. The van der Waals surface area contributed by atoms with E-state index in [1.165, 1.54) is 0 Å². The molecule has 0 aliphatic rings. The van der Waals surface area contributed by atoms with Crippen molar-refractivity contribution in [3.8, 4) is 5.75 Å². The van der Waals surface area contributed by atoms with Gasteiger partial charge in [-0.25, -0.2) is 4.79 Å². The van der Waals surface area contributed by atoms with Gasteiger partial charge in [0.05, 0.1) is 0 Å². The Labute approximate surface area is 148 Å². The van der Waals surface area contributed by atoms with Crippen molar-refractivity contribution in [2.24, 2.45) is 10.7 Å². The zero-order valence-electron chi connectivity index (χ0n) is 15.9. The second-order valence-electron chi connectivity index (χ2n) is 6.95. The number of ether oxygens (including phenoxy) is 2. The zero-order valence-corrected chi connectivity index (χ0v) is 15.9. The molecule has 7 heteroatoms. The highest BCUT2D eigenvalue weighted by atomic mass is 16.6. The van der Waals surface area contributed by atoms with Crippen LogP contribution >= 0.6 is 0 Å². The molecule has 0 bridgehead atoms. The lowest BCUT2D eigenvalue weighted by Gasteiger charge is -2.19. The van der Waals surface area contributed by atoms with Gasteiger partial charge in [0.1, 0.15) is 11.4 Å². The molecule has 1 aromatic carbocycles. The molecule has 7 nitrogen and oxygen atoms in total. The molecule has 0 fully saturated rings. The van der Waals surface area contributed by atoms with Crippen LogP contribution in [0, 0.1) is 20.8 Å². The third kappa shape index (κ3) is 6.82. The van der Waals surface area contributed by atoms with Gasteiger partial charge < -0.3 is 15.2 Å². The van der Waals surface area contributed by atoms with Crippen LogP contribution in [0.2, 0.25) is 0 Å². The smallest absolute Gasteiger partial charge is 0.437 e. The predicted octanol–water partition coefficient (Wildman–Crippen LogP) is 2.75. The van der Waals surface area contributed by atoms with Crippen molar-refractivity contribution >= 4 is 18.0 Å². The second kappa shape index (κ2) is 8.00. The number of nitrogens with two attached hydrogens (primary N) is 1. The van der Waals surface area contributed by atoms with E-state index in [4.69, 9.17) is 15.2 Å². The maximum atomic E-state index is 12.2. The Bertz CT molecular complexity index is 667. The number of aryl methyl sites for hydroxylation is 3. The second-order valence-corrected chi connectivity index (χ2v) is 6.95. The van der Waals surface area contributed by atoms with Crippen molar-refractivity contribution in [1.29, 1.82) is 0 Å². The minimum Gasteiger partial charge on any atom is -0.480 e. The third-order valence-electron chi connectivity index (χ3n) is 3.13. The van der Waals surface area contributed by atoms with Crippen molar-refractivity contribution in [3.05, 3.63) is 28.8 Å². The highest BCUT2D eigenvalue weighted by Crippen LogP contribution is 2.25. The van der Waals surface area contributed by atoms with Crippen molar-refractivity contribution in [2.75, 3.05) is 0 Å². The first-order valence-electron chi connectivity index (χ1n) is 8.01. The lowest BCUT2D eigenvalue weighted by atomic mass is 10.1. The van der Waals surface area contributed by atoms with Crippen molar-refractivity contribution < 1.29 is 19.1 Å². The molecule has 3 N–H and O–H groups in total. The maximum absolute atomic E-state index is 12.2. The summed E-state index contributed by atoms with van der Waals surface area (Å²) in [6.45, 7) is 12.5. The summed E-state index contributed by atoms with van der Waals surface area (Å²) in [6.07, 6.45) is -1.68. The third-order valence-corrected chi connectivity index (χ3v) is 3.13. The van der Waals surface area contributed by atoms with Gasteiger partial charge >= 0.3 is 6.09 Å². The van der Waals surface area contributed by atoms with Gasteiger partial charge in [-0.15, -0.1) is 4.99 Å². The number of nitrogens with zero attached hydrogens (tertiary/aromatic N) is 1. The van der Waals surface area contributed by atoms with Crippen molar-refractivity contribution in [3.63, 3.8) is 0 Å². The number of amides is 2. The average Bonchev–Trinajstić information content (AvgIpc) is 2.39. The molecule has 0 saturated carbocycles. The summed E-state index contributed by atoms with van der Waals surface area (Å²) < 4.78 is 10.7. The van der Waals surface area contributed by atoms with Gasteiger partial charge in [-0.3, -0.25) is 10.1 Å². The molecular formula is C18H27N3O4. The fraction of sp³-hybridized carbons (Fsp3) is 0.500. The van der Waals surface area contributed by atoms with E-state index in [-0.39, 0.29) is 5.96 Å². The van der Waals surface area contributed by atoms with Crippen LogP contribution < -0.4 is 15.8 Å². The first-order valence-corrected chi connectivity index (χ1v) is 8.01. The SMILES string of the molecule is Cc1cc(C)c(O[C@@H](C)C(=O)NC(N)=NC(=O)OC(C)(C)C)c(C)c1. The van der Waals surface area contributed by atoms with E-state index in [0.717, 1.165) is 16.7 Å². The van der Waals surface area contributed by atoms with Crippen LogP contribution in [0.5, 0.6) is 5.75 Å². The van der Waals surface area contributed by atoms with Crippen LogP contribution in [0.15, 0.2) is 17.1 Å². The molecule has 0 saturated heterocycles. The molecule has 138 valence electrons. The number of carbonyl (C=O) groups excluding carboxylic acids is 2. The zero-order chi connectivity index (χ0) is 19.4. The molecule has 0 aliphatic carbocycles. The van der Waals surface area contributed by atoms with E-state index in [0.29, 0.717) is 5.75 Å². The first kappa shape index (κ1) is 20.5. The topological polar surface area (TPSA) is 103 Å². The van der Waals surface area contributed by atoms with Gasteiger partial charge in [-0.1, -0.05) is 17.7 Å². The van der Waals surface area contributed by atoms with Crippen LogP contribution in [0.3, 0.4) is 0 Å². The fourth-order valence-corrected chi connectivity index (χ4v) is 2.22. The number of hydrogen-bond acceptors (Lipinski definition) is 4. The molecule has 0 aromatic heterocycles. The summed E-state index contributed by atoms with van der Waals surface area (Å²) in [6, 6.07) is 3.95. The molecule has 0 radical (unpaired) electrons. The monoisotopic (exact) mass is 349 g/mol. The van der Waals surface area contributed by atoms with Crippen molar-refractivity contribution in [1.82, 2.24) is 5.32 Å². The van der Waals surface area contributed by atoms with Crippen LogP contribution in [0.25, 0.3) is 0 Å². The van der Waals surface area contributed by atoms with Crippen LogP contribution in [-0.4, -0.2) is 29.7 Å². The van der Waals surface area contributed by atoms with E-state index in [2.05, 4.69) is 10.3 Å². The van der Waals surface area contributed by atoms with E-state index < -0.39 is 23.7 Å². The van der Waals surface area contributed by atoms with Crippen LogP contribution in [0.4, 0.5) is 4.79 Å². The summed E-state index contributed by atoms with van der Waals surface area (Å²) in [5.74, 6) is -0.202. The number of benzene rings is 1. The highest BCUT2D eigenvalue weighted by molar-refractivity contribution is 6.01. The summed E-state index contributed by atoms with van der Waals surface area (Å²) >= 11 is 0. The largest absolute Gasteiger partial charge is 0.480 e. The molecule has 0 spiro atoms. The Balaban J connectivity index is 2.73. The highest BCUT2D eigenvalue weighted by Gasteiger charge is 2.20. The molecule has 1 rings (SSSR count). The molecular weight excluding hydrogens is 322 g/mol. The van der Waals surface area contributed by atoms with E-state index in [1.54, 1.807) is 27.7 Å². The van der Waals surface area contributed by atoms with Crippen molar-refractivity contribution in [2.45, 2.75) is 60.2 Å². The predicted molar refractivity (Wildman–Crippen MR) is 96.7 cm³/mol. The molecule has 1 atom stereocenters. The lowest BCUT2D eigenvalue weighted by molar-refractivity contribution is -0.125. The Morgan fingerprint density at radius 3 is 2.16 bits per heavy atom. The summed E-state index contributed by atoms with van der Waals surface area (Å²) in [5.41, 5.74) is 7.87. The van der Waals surface area contributed by atoms with E-state index in [9.17, 15) is 9.59 Å². The quantitative estimate of drug-likeness (QED) is 0.645. The number of aliphatic imine (C=N–C) groups is 1. The van der Waals surface area contributed by atoms with Gasteiger partial charge in [0.25, 0.3) is 5.91 Å². The molecule has 0 heterocycles. The number of nitrogens with one attached hydrogen (secondary N) is 1. The molecule has 1 aromatic rings. The Morgan fingerprint density at radius 2 is 1.68 bits per heavy atom. The Hall–Kier alpha value is -2.57. The van der Waals surface area contributed by atoms with Crippen LogP contribution in [0.1, 0.15) is 44.4 Å². The average molecular weight is 349 g/mol. The lowest BCUT2D eigenvalue weighted by Crippen LogP contribution is -2.44. The normalized spacial score (nSPS) is 13.2. The maximum Gasteiger partial charge on any atom is 0.437 e. The fourth-order valence-electron chi connectivity index (χ4n) is 2.22. The molecule has 2 amide bonds. The number of rotatable bonds is 3. The summed E-state index contributed by atoms with van der Waals surface area (Å²) in [7, 11) is 0. The number of carbonyl (C=O) groups is 2. The summed E-state index contributed by atoms with van der Waals surface area (Å²) in [5, 5.41) is 2.33. The Kier molecular flexibility index (Phi) is 6.55. The van der Waals surface area contributed by atoms with E-state index >= 15 is 0 Å². The Morgan fingerprint density at radius 1 is 1.16 bits per heavy atom. The minimum absolute atomic E-state index is 0.341.